The highest BCUT2D eigenvalue weighted by molar-refractivity contribution is 5.78. The molecule has 1 aliphatic rings. The van der Waals surface area contributed by atoms with Gasteiger partial charge in [-0.05, 0) is 49.6 Å². The molecule has 0 saturated heterocycles. The number of furan rings is 1. The van der Waals surface area contributed by atoms with Crippen LogP contribution >= 0.6 is 0 Å². The zero-order valence-corrected chi connectivity index (χ0v) is 12.9. The number of hydrogen-bond donors (Lipinski definition) is 1. The van der Waals surface area contributed by atoms with Gasteiger partial charge in [0.2, 0.25) is 5.91 Å². The van der Waals surface area contributed by atoms with Crippen LogP contribution in [0, 0.1) is 0 Å². The second-order valence-electron chi connectivity index (χ2n) is 5.88. The average molecular weight is 298 g/mol. The van der Waals surface area contributed by atoms with Crippen molar-refractivity contribution in [3.05, 3.63) is 59.5 Å². The third kappa shape index (κ3) is 3.39. The first-order valence-corrected chi connectivity index (χ1v) is 7.81. The Labute approximate surface area is 131 Å². The van der Waals surface area contributed by atoms with E-state index in [1.165, 1.54) is 17.5 Å². The van der Waals surface area contributed by atoms with E-state index in [-0.39, 0.29) is 5.91 Å². The van der Waals surface area contributed by atoms with Crippen LogP contribution in [0.2, 0.25) is 0 Å². The molecule has 1 N–H and O–H groups in total. The number of carbonyl (C=O) groups excluding carboxylic acids is 1. The minimum absolute atomic E-state index is 0.0296. The largest absolute Gasteiger partial charge is 0.467 e. The van der Waals surface area contributed by atoms with Crippen molar-refractivity contribution in [2.75, 3.05) is 13.6 Å². The Balaban J connectivity index is 1.58. The van der Waals surface area contributed by atoms with Crippen LogP contribution in [0.25, 0.3) is 0 Å². The molecule has 4 heteroatoms. The number of likely N-dealkylation sites (N-methyl/N-ethyl adjacent to an activating group) is 1. The zero-order valence-electron chi connectivity index (χ0n) is 12.9. The fraction of sp³-hybridized carbons (Fsp3) is 0.389. The Hall–Kier alpha value is -2.07. The third-order valence-electron chi connectivity index (χ3n) is 4.30. The van der Waals surface area contributed by atoms with Crippen LogP contribution in [0.3, 0.4) is 0 Å². The van der Waals surface area contributed by atoms with Gasteiger partial charge in [-0.2, -0.15) is 0 Å². The summed E-state index contributed by atoms with van der Waals surface area (Å²) >= 11 is 0. The molecule has 4 nitrogen and oxygen atoms in total. The van der Waals surface area contributed by atoms with Gasteiger partial charge in [-0.25, -0.2) is 0 Å². The first-order chi connectivity index (χ1) is 10.7. The number of benzene rings is 1. The number of aryl methyl sites for hydroxylation is 1. The van der Waals surface area contributed by atoms with Gasteiger partial charge in [0.15, 0.2) is 0 Å². The van der Waals surface area contributed by atoms with Crippen LogP contribution < -0.4 is 5.32 Å². The highest BCUT2D eigenvalue weighted by Crippen LogP contribution is 2.33. The zero-order chi connectivity index (χ0) is 15.4. The standard InChI is InChI=1S/C18H22N2O2/c1-20(13-18(21)19-12-15-8-5-11-22-15)17-10-4-7-14-6-2-3-9-16(14)17/h2-3,5-6,8-9,11,17H,4,7,10,12-13H2,1H3,(H,19,21). The SMILES string of the molecule is CN(CC(=O)NCc1ccco1)C1CCCc2ccccc21. The maximum Gasteiger partial charge on any atom is 0.234 e. The minimum atomic E-state index is 0.0296. The number of nitrogens with one attached hydrogen (secondary N) is 1. The molecule has 1 aliphatic carbocycles. The monoisotopic (exact) mass is 298 g/mol. The first-order valence-electron chi connectivity index (χ1n) is 7.81. The lowest BCUT2D eigenvalue weighted by Gasteiger charge is -2.32. The maximum absolute atomic E-state index is 12.1. The molecule has 1 aromatic carbocycles. The summed E-state index contributed by atoms with van der Waals surface area (Å²) in [6, 6.07) is 12.6. The summed E-state index contributed by atoms with van der Waals surface area (Å²) in [4.78, 5) is 14.3. The van der Waals surface area contributed by atoms with Gasteiger partial charge in [0, 0.05) is 6.04 Å². The fourth-order valence-electron chi connectivity index (χ4n) is 3.18. The van der Waals surface area contributed by atoms with Gasteiger partial charge in [0.05, 0.1) is 19.4 Å². The molecular weight excluding hydrogens is 276 g/mol. The Kier molecular flexibility index (Phi) is 4.59. The molecule has 2 aromatic rings. The fourth-order valence-corrected chi connectivity index (χ4v) is 3.18. The van der Waals surface area contributed by atoms with Gasteiger partial charge >= 0.3 is 0 Å². The molecule has 1 amide bonds. The molecule has 0 saturated carbocycles. The van der Waals surface area contributed by atoms with Crippen LogP contribution in [-0.2, 0) is 17.8 Å². The Morgan fingerprint density at radius 1 is 1.32 bits per heavy atom. The quantitative estimate of drug-likeness (QED) is 0.923. The number of hydrogen-bond acceptors (Lipinski definition) is 3. The molecule has 0 spiro atoms. The molecule has 0 fully saturated rings. The van der Waals surface area contributed by atoms with E-state index < -0.39 is 0 Å². The summed E-state index contributed by atoms with van der Waals surface area (Å²) in [6.07, 6.45) is 5.05. The molecule has 1 unspecified atom stereocenters. The van der Waals surface area contributed by atoms with Crippen molar-refractivity contribution < 1.29 is 9.21 Å². The summed E-state index contributed by atoms with van der Waals surface area (Å²) in [5, 5.41) is 2.90. The summed E-state index contributed by atoms with van der Waals surface area (Å²) in [5.41, 5.74) is 2.79. The van der Waals surface area contributed by atoms with Crippen molar-refractivity contribution in [2.24, 2.45) is 0 Å². The van der Waals surface area contributed by atoms with Crippen LogP contribution in [-0.4, -0.2) is 24.4 Å². The topological polar surface area (TPSA) is 45.5 Å². The normalized spacial score (nSPS) is 17.3. The number of rotatable bonds is 5. The van der Waals surface area contributed by atoms with Crippen LogP contribution in [0.1, 0.15) is 35.8 Å². The Bertz CT molecular complexity index is 622. The molecule has 1 atom stereocenters. The summed E-state index contributed by atoms with van der Waals surface area (Å²) in [7, 11) is 2.03. The lowest BCUT2D eigenvalue weighted by Crippen LogP contribution is -2.37. The van der Waals surface area contributed by atoms with E-state index in [1.807, 2.05) is 19.2 Å². The molecule has 0 radical (unpaired) electrons. The smallest absolute Gasteiger partial charge is 0.234 e. The maximum atomic E-state index is 12.1. The molecular formula is C18H22N2O2. The van der Waals surface area contributed by atoms with Crippen molar-refractivity contribution in [3.8, 4) is 0 Å². The highest BCUT2D eigenvalue weighted by atomic mass is 16.3. The number of carbonyl (C=O) groups is 1. The van der Waals surface area contributed by atoms with Gasteiger partial charge in [-0.3, -0.25) is 9.69 Å². The second kappa shape index (κ2) is 6.79. The van der Waals surface area contributed by atoms with Crippen LogP contribution in [0.15, 0.2) is 47.1 Å². The van der Waals surface area contributed by atoms with Gasteiger partial charge in [-0.15, -0.1) is 0 Å². The summed E-state index contributed by atoms with van der Waals surface area (Å²) < 4.78 is 5.22. The molecule has 1 aromatic heterocycles. The first kappa shape index (κ1) is 14.9. The number of fused-ring (bicyclic) bond motifs is 1. The van der Waals surface area contributed by atoms with Crippen LogP contribution in [0.5, 0.6) is 0 Å². The summed E-state index contributed by atoms with van der Waals surface area (Å²) in [6.45, 7) is 0.848. The van der Waals surface area contributed by atoms with E-state index in [1.54, 1.807) is 6.26 Å². The minimum Gasteiger partial charge on any atom is -0.467 e. The highest BCUT2D eigenvalue weighted by Gasteiger charge is 2.24. The van der Waals surface area contributed by atoms with E-state index in [9.17, 15) is 4.79 Å². The predicted octanol–water partition coefficient (Wildman–Crippen LogP) is 2.91. The number of nitrogens with zero attached hydrogens (tertiary/aromatic N) is 1. The predicted molar refractivity (Wildman–Crippen MR) is 85.3 cm³/mol. The lowest BCUT2D eigenvalue weighted by atomic mass is 9.87. The van der Waals surface area contributed by atoms with Gasteiger partial charge in [0.25, 0.3) is 0 Å². The molecule has 3 rings (SSSR count). The van der Waals surface area contributed by atoms with Crippen molar-refractivity contribution in [1.29, 1.82) is 0 Å². The van der Waals surface area contributed by atoms with E-state index in [0.29, 0.717) is 19.1 Å². The van der Waals surface area contributed by atoms with E-state index in [2.05, 4.69) is 34.5 Å². The van der Waals surface area contributed by atoms with E-state index in [0.717, 1.165) is 18.6 Å². The van der Waals surface area contributed by atoms with Crippen molar-refractivity contribution in [1.82, 2.24) is 10.2 Å². The third-order valence-corrected chi connectivity index (χ3v) is 4.30. The Morgan fingerprint density at radius 2 is 2.18 bits per heavy atom. The van der Waals surface area contributed by atoms with Gasteiger partial charge in [0.1, 0.15) is 5.76 Å². The summed E-state index contributed by atoms with van der Waals surface area (Å²) in [5.74, 6) is 0.806. The van der Waals surface area contributed by atoms with Crippen molar-refractivity contribution in [2.45, 2.75) is 31.8 Å². The molecule has 0 aliphatic heterocycles. The average Bonchev–Trinajstić information content (AvgIpc) is 3.06. The van der Waals surface area contributed by atoms with Crippen LogP contribution in [0.4, 0.5) is 0 Å². The van der Waals surface area contributed by atoms with Gasteiger partial charge < -0.3 is 9.73 Å². The van der Waals surface area contributed by atoms with Crippen molar-refractivity contribution in [3.63, 3.8) is 0 Å². The lowest BCUT2D eigenvalue weighted by molar-refractivity contribution is -0.122. The molecule has 1 heterocycles. The molecule has 116 valence electrons. The van der Waals surface area contributed by atoms with Crippen molar-refractivity contribution >= 4 is 5.91 Å². The van der Waals surface area contributed by atoms with E-state index >= 15 is 0 Å². The van der Waals surface area contributed by atoms with E-state index in [4.69, 9.17) is 4.42 Å². The molecule has 0 bridgehead atoms. The van der Waals surface area contributed by atoms with Gasteiger partial charge in [-0.1, -0.05) is 24.3 Å². The second-order valence-corrected chi connectivity index (χ2v) is 5.88. The Morgan fingerprint density at radius 3 is 3.00 bits per heavy atom. The molecule has 22 heavy (non-hydrogen) atoms. The number of amides is 1.